The van der Waals surface area contributed by atoms with Gasteiger partial charge in [-0.1, -0.05) is 26.7 Å². The van der Waals surface area contributed by atoms with E-state index in [1.807, 2.05) is 6.92 Å². The zero-order valence-electron chi connectivity index (χ0n) is 11.6. The summed E-state index contributed by atoms with van der Waals surface area (Å²) < 4.78 is 0. The predicted octanol–water partition coefficient (Wildman–Crippen LogP) is 3.06. The quantitative estimate of drug-likeness (QED) is 0.742. The Morgan fingerprint density at radius 3 is 2.33 bits per heavy atom. The van der Waals surface area contributed by atoms with Crippen LogP contribution in [0, 0.1) is 18.3 Å². The van der Waals surface area contributed by atoms with Crippen LogP contribution in [0.1, 0.15) is 50.9 Å². The largest absolute Gasteiger partial charge is 0.355 e. The molecule has 0 aliphatic carbocycles. The van der Waals surface area contributed by atoms with Gasteiger partial charge in [-0.25, -0.2) is 9.97 Å². The first kappa shape index (κ1) is 14.4. The van der Waals surface area contributed by atoms with E-state index in [0.29, 0.717) is 5.56 Å². The highest BCUT2D eigenvalue weighted by atomic mass is 15.2. The number of hydrogen-bond acceptors (Lipinski definition) is 4. The summed E-state index contributed by atoms with van der Waals surface area (Å²) in [6, 6.07) is 2.19. The summed E-state index contributed by atoms with van der Waals surface area (Å²) in [5, 5.41) is 9.15. The van der Waals surface area contributed by atoms with E-state index in [4.69, 9.17) is 5.26 Å². The summed E-state index contributed by atoms with van der Waals surface area (Å²) in [5.41, 5.74) is 0.577. The highest BCUT2D eigenvalue weighted by Crippen LogP contribution is 2.17. The maximum absolute atomic E-state index is 9.15. The molecular formula is C14H22N4. The van der Waals surface area contributed by atoms with Crippen molar-refractivity contribution in [3.63, 3.8) is 0 Å². The minimum absolute atomic E-state index is 0.577. The van der Waals surface area contributed by atoms with Gasteiger partial charge in [-0.2, -0.15) is 5.26 Å². The van der Waals surface area contributed by atoms with Crippen molar-refractivity contribution in [1.29, 1.82) is 5.26 Å². The third-order valence-electron chi connectivity index (χ3n) is 2.87. The van der Waals surface area contributed by atoms with Gasteiger partial charge in [0.2, 0.25) is 0 Å². The second kappa shape index (κ2) is 7.65. The van der Waals surface area contributed by atoms with E-state index < -0.39 is 0 Å². The van der Waals surface area contributed by atoms with Crippen LogP contribution in [0.2, 0.25) is 0 Å². The zero-order chi connectivity index (χ0) is 13.4. The monoisotopic (exact) mass is 246 g/mol. The molecule has 0 radical (unpaired) electrons. The Hall–Kier alpha value is -1.63. The Bertz CT molecular complexity index is 401. The van der Waals surface area contributed by atoms with Gasteiger partial charge >= 0.3 is 0 Å². The highest BCUT2D eigenvalue weighted by Gasteiger charge is 2.13. The minimum Gasteiger partial charge on any atom is -0.355 e. The minimum atomic E-state index is 0.577. The molecule has 1 heterocycles. The van der Waals surface area contributed by atoms with Gasteiger partial charge < -0.3 is 4.90 Å². The van der Waals surface area contributed by atoms with Crippen molar-refractivity contribution in [3.05, 3.63) is 17.6 Å². The molecular weight excluding hydrogens is 224 g/mol. The Balaban J connectivity index is 2.95. The van der Waals surface area contributed by atoms with Crippen molar-refractivity contribution < 1.29 is 0 Å². The lowest BCUT2D eigenvalue weighted by molar-refractivity contribution is 0.668. The summed E-state index contributed by atoms with van der Waals surface area (Å²) >= 11 is 0. The second-order valence-electron chi connectivity index (χ2n) is 4.46. The van der Waals surface area contributed by atoms with Crippen molar-refractivity contribution in [3.8, 4) is 6.07 Å². The molecule has 1 aromatic rings. The maximum Gasteiger partial charge on any atom is 0.150 e. The first-order valence-electron chi connectivity index (χ1n) is 6.71. The zero-order valence-corrected chi connectivity index (χ0v) is 11.6. The Morgan fingerprint density at radius 2 is 1.83 bits per heavy atom. The molecule has 0 fully saturated rings. The molecule has 98 valence electrons. The Kier molecular flexibility index (Phi) is 6.13. The van der Waals surface area contributed by atoms with E-state index in [9.17, 15) is 0 Å². The molecule has 0 aliphatic heterocycles. The number of rotatable bonds is 7. The van der Waals surface area contributed by atoms with Crippen molar-refractivity contribution in [2.75, 3.05) is 18.0 Å². The number of hydrogen-bond donors (Lipinski definition) is 0. The van der Waals surface area contributed by atoms with Crippen LogP contribution < -0.4 is 4.90 Å². The Morgan fingerprint density at radius 1 is 1.22 bits per heavy atom. The first-order valence-corrected chi connectivity index (χ1v) is 6.71. The fraction of sp³-hybridized carbons (Fsp3) is 0.643. The first-order chi connectivity index (χ1) is 8.72. The van der Waals surface area contributed by atoms with E-state index >= 15 is 0 Å². The lowest BCUT2D eigenvalue weighted by atomic mass is 10.2. The van der Waals surface area contributed by atoms with Crippen molar-refractivity contribution in [1.82, 2.24) is 9.97 Å². The van der Waals surface area contributed by atoms with Crippen LogP contribution in [-0.4, -0.2) is 23.1 Å². The number of aryl methyl sites for hydroxylation is 1. The number of nitrogens with zero attached hydrogens (tertiary/aromatic N) is 4. The molecule has 4 heteroatoms. The fourth-order valence-corrected chi connectivity index (χ4v) is 1.80. The maximum atomic E-state index is 9.15. The topological polar surface area (TPSA) is 52.8 Å². The molecule has 18 heavy (non-hydrogen) atoms. The molecule has 0 bridgehead atoms. The lowest BCUT2D eigenvalue weighted by Crippen LogP contribution is -2.27. The molecule has 0 atom stereocenters. The average molecular weight is 246 g/mol. The van der Waals surface area contributed by atoms with E-state index in [1.165, 1.54) is 0 Å². The van der Waals surface area contributed by atoms with Gasteiger partial charge in [-0.3, -0.25) is 0 Å². The summed E-state index contributed by atoms with van der Waals surface area (Å²) in [7, 11) is 0. The molecule has 1 rings (SSSR count). The summed E-state index contributed by atoms with van der Waals surface area (Å²) in [4.78, 5) is 10.8. The standard InChI is InChI=1S/C14H22N4/c1-4-6-8-18(9-7-5-2)14-13(10-15)11-16-12(3)17-14/h11H,4-9H2,1-3H3. The predicted molar refractivity (Wildman–Crippen MR) is 73.5 cm³/mol. The lowest BCUT2D eigenvalue weighted by Gasteiger charge is -2.24. The molecule has 4 nitrogen and oxygen atoms in total. The van der Waals surface area contributed by atoms with Crippen molar-refractivity contribution >= 4 is 5.82 Å². The van der Waals surface area contributed by atoms with Gasteiger partial charge in [0.05, 0.1) is 6.20 Å². The molecule has 0 unspecified atom stereocenters. The molecule has 0 spiro atoms. The number of unbranched alkanes of at least 4 members (excludes halogenated alkanes) is 2. The fourth-order valence-electron chi connectivity index (χ4n) is 1.80. The van der Waals surface area contributed by atoms with E-state index in [-0.39, 0.29) is 0 Å². The third-order valence-corrected chi connectivity index (χ3v) is 2.87. The van der Waals surface area contributed by atoms with Gasteiger partial charge in [-0.05, 0) is 19.8 Å². The SMILES string of the molecule is CCCCN(CCCC)c1nc(C)ncc1C#N. The Labute approximate surface area is 110 Å². The van der Waals surface area contributed by atoms with Crippen LogP contribution in [0.4, 0.5) is 5.82 Å². The van der Waals surface area contributed by atoms with Crippen molar-refractivity contribution in [2.24, 2.45) is 0 Å². The second-order valence-corrected chi connectivity index (χ2v) is 4.46. The molecule has 0 aromatic carbocycles. The summed E-state index contributed by atoms with van der Waals surface area (Å²) in [5.74, 6) is 1.52. The van der Waals surface area contributed by atoms with Crippen LogP contribution in [0.5, 0.6) is 0 Å². The van der Waals surface area contributed by atoms with Gasteiger partial charge in [-0.15, -0.1) is 0 Å². The van der Waals surface area contributed by atoms with Gasteiger partial charge in [0, 0.05) is 13.1 Å². The van der Waals surface area contributed by atoms with Gasteiger partial charge in [0.15, 0.2) is 0 Å². The smallest absolute Gasteiger partial charge is 0.150 e. The molecule has 0 saturated carbocycles. The molecule has 0 saturated heterocycles. The average Bonchev–Trinajstić information content (AvgIpc) is 2.39. The van der Waals surface area contributed by atoms with Gasteiger partial charge in [0.25, 0.3) is 0 Å². The third kappa shape index (κ3) is 3.99. The van der Waals surface area contributed by atoms with E-state index in [0.717, 1.165) is 50.4 Å². The van der Waals surface area contributed by atoms with Gasteiger partial charge in [0.1, 0.15) is 23.3 Å². The van der Waals surface area contributed by atoms with Crippen molar-refractivity contribution in [2.45, 2.75) is 46.5 Å². The number of nitriles is 1. The highest BCUT2D eigenvalue weighted by molar-refractivity contribution is 5.52. The number of anilines is 1. The van der Waals surface area contributed by atoms with Crippen LogP contribution >= 0.6 is 0 Å². The van der Waals surface area contributed by atoms with Crippen LogP contribution in [-0.2, 0) is 0 Å². The van der Waals surface area contributed by atoms with Crippen LogP contribution in [0.15, 0.2) is 6.20 Å². The van der Waals surface area contributed by atoms with Crippen LogP contribution in [0.25, 0.3) is 0 Å². The summed E-state index contributed by atoms with van der Waals surface area (Å²) in [6.45, 7) is 8.13. The number of aromatic nitrogens is 2. The van der Waals surface area contributed by atoms with Crippen LogP contribution in [0.3, 0.4) is 0 Å². The van der Waals surface area contributed by atoms with E-state index in [2.05, 4.69) is 34.8 Å². The van der Waals surface area contributed by atoms with E-state index in [1.54, 1.807) is 6.20 Å². The summed E-state index contributed by atoms with van der Waals surface area (Å²) in [6.07, 6.45) is 6.17. The normalized spacial score (nSPS) is 10.1. The molecule has 0 amide bonds. The molecule has 1 aromatic heterocycles. The molecule has 0 N–H and O–H groups in total. The molecule has 0 aliphatic rings.